The van der Waals surface area contributed by atoms with Crippen LogP contribution in [0.3, 0.4) is 0 Å². The number of hydrogen-bond acceptors (Lipinski definition) is 2. The summed E-state index contributed by atoms with van der Waals surface area (Å²) < 4.78 is 6.58. The molecule has 2 nitrogen and oxygen atoms in total. The molecule has 0 saturated carbocycles. The molecule has 1 heterocycles. The molecule has 10 aromatic rings. The van der Waals surface area contributed by atoms with E-state index in [4.69, 9.17) is 4.42 Å². The van der Waals surface area contributed by atoms with Crippen LogP contribution < -0.4 is 4.90 Å². The molecule has 0 radical (unpaired) electrons. The fraction of sp³-hybridized carbons (Fsp3) is 0. The Kier molecular flexibility index (Phi) is 6.53. The van der Waals surface area contributed by atoms with Gasteiger partial charge in [0.1, 0.15) is 5.58 Å². The Hall–Kier alpha value is -6.64. The lowest BCUT2D eigenvalue weighted by atomic mass is 9.89. The molecule has 0 N–H and O–H groups in total. The zero-order valence-corrected chi connectivity index (χ0v) is 27.3. The van der Waals surface area contributed by atoms with Gasteiger partial charge in [-0.25, -0.2) is 0 Å². The van der Waals surface area contributed by atoms with E-state index in [-0.39, 0.29) is 0 Å². The molecule has 1 aromatic heterocycles. The Morgan fingerprint density at radius 3 is 1.86 bits per heavy atom. The SMILES string of the molecule is c1ccc(-c2cc(N(c3ccccc3)c3cccc4c3oc3ccccc34)ccc2-c2cccc3c2ccc2c4ccccc4ccc32)cc1. The first kappa shape index (κ1) is 28.4. The van der Waals surface area contributed by atoms with E-state index in [0.717, 1.165) is 39.0 Å². The second kappa shape index (κ2) is 11.5. The van der Waals surface area contributed by atoms with Crippen molar-refractivity contribution >= 4 is 71.3 Å². The molecule has 50 heavy (non-hydrogen) atoms. The van der Waals surface area contributed by atoms with Crippen LogP contribution in [0.4, 0.5) is 17.1 Å². The normalized spacial score (nSPS) is 11.6. The van der Waals surface area contributed by atoms with Crippen LogP contribution in [0.2, 0.25) is 0 Å². The number of nitrogens with zero attached hydrogens (tertiary/aromatic N) is 1. The van der Waals surface area contributed by atoms with E-state index in [1.165, 1.54) is 54.6 Å². The smallest absolute Gasteiger partial charge is 0.159 e. The highest BCUT2D eigenvalue weighted by Crippen LogP contribution is 2.46. The molecule has 234 valence electrons. The topological polar surface area (TPSA) is 16.4 Å². The molecular formula is C48H31NO. The average molecular weight is 638 g/mol. The Labute approximate surface area is 290 Å². The van der Waals surface area contributed by atoms with E-state index >= 15 is 0 Å². The van der Waals surface area contributed by atoms with Crippen LogP contribution in [0.25, 0.3) is 76.5 Å². The number of benzene rings is 9. The maximum absolute atomic E-state index is 6.58. The highest BCUT2D eigenvalue weighted by Gasteiger charge is 2.21. The molecule has 0 aliphatic heterocycles. The molecular weight excluding hydrogens is 607 g/mol. The number of furan rings is 1. The summed E-state index contributed by atoms with van der Waals surface area (Å²) in [5, 5.41) is 9.83. The minimum absolute atomic E-state index is 0.872. The van der Waals surface area contributed by atoms with Crippen LogP contribution in [0.15, 0.2) is 192 Å². The van der Waals surface area contributed by atoms with E-state index in [1.807, 2.05) is 12.1 Å². The molecule has 0 aliphatic carbocycles. The van der Waals surface area contributed by atoms with Crippen LogP contribution in [0, 0.1) is 0 Å². The Morgan fingerprint density at radius 1 is 0.340 bits per heavy atom. The number of anilines is 3. The summed E-state index contributed by atoms with van der Waals surface area (Å²) in [5.74, 6) is 0. The second-order valence-corrected chi connectivity index (χ2v) is 12.9. The van der Waals surface area contributed by atoms with Crippen molar-refractivity contribution in [2.24, 2.45) is 0 Å². The van der Waals surface area contributed by atoms with Crippen molar-refractivity contribution in [1.82, 2.24) is 0 Å². The van der Waals surface area contributed by atoms with Gasteiger partial charge in [0.25, 0.3) is 0 Å². The summed E-state index contributed by atoms with van der Waals surface area (Å²) in [5.41, 5.74) is 9.64. The fourth-order valence-electron chi connectivity index (χ4n) is 7.77. The van der Waals surface area contributed by atoms with Crippen molar-refractivity contribution in [1.29, 1.82) is 0 Å². The monoisotopic (exact) mass is 637 g/mol. The van der Waals surface area contributed by atoms with Gasteiger partial charge in [0.15, 0.2) is 5.58 Å². The summed E-state index contributed by atoms with van der Waals surface area (Å²) in [6.45, 7) is 0. The van der Waals surface area contributed by atoms with Crippen LogP contribution in [0.1, 0.15) is 0 Å². The summed E-state index contributed by atoms with van der Waals surface area (Å²) in [4.78, 5) is 2.32. The van der Waals surface area contributed by atoms with Gasteiger partial charge in [-0.2, -0.15) is 0 Å². The Balaban J connectivity index is 1.22. The van der Waals surface area contributed by atoms with Crippen molar-refractivity contribution in [2.75, 3.05) is 4.90 Å². The largest absolute Gasteiger partial charge is 0.454 e. The van der Waals surface area contributed by atoms with Gasteiger partial charge >= 0.3 is 0 Å². The number of hydrogen-bond donors (Lipinski definition) is 0. The third-order valence-corrected chi connectivity index (χ3v) is 10.1. The van der Waals surface area contributed by atoms with Gasteiger partial charge in [0.05, 0.1) is 5.69 Å². The lowest BCUT2D eigenvalue weighted by molar-refractivity contribution is 0.669. The van der Waals surface area contributed by atoms with Gasteiger partial charge in [-0.15, -0.1) is 0 Å². The summed E-state index contributed by atoms with van der Waals surface area (Å²) >= 11 is 0. The standard InChI is InChI=1S/C48H31NO/c1-3-13-32(14-4-1)45-31-35(49(34-16-5-2-6-17-34)46-23-12-22-44-43-19-9-10-24-47(43)50-48(44)46)26-28-42(45)38-21-11-20-37-40-27-25-33-15-7-8-18-36(33)39(40)29-30-41(37)38/h1-31H. The molecule has 2 heteroatoms. The highest BCUT2D eigenvalue weighted by atomic mass is 16.3. The predicted molar refractivity (Wildman–Crippen MR) is 212 cm³/mol. The molecule has 0 atom stereocenters. The average Bonchev–Trinajstić information content (AvgIpc) is 3.58. The van der Waals surface area contributed by atoms with Crippen molar-refractivity contribution in [3.05, 3.63) is 188 Å². The molecule has 0 saturated heterocycles. The van der Waals surface area contributed by atoms with E-state index in [0.29, 0.717) is 0 Å². The van der Waals surface area contributed by atoms with E-state index in [9.17, 15) is 0 Å². The molecule has 0 fully saturated rings. The minimum atomic E-state index is 0.872. The van der Waals surface area contributed by atoms with Gasteiger partial charge in [0.2, 0.25) is 0 Å². The number of rotatable bonds is 5. The first-order valence-electron chi connectivity index (χ1n) is 17.1. The molecule has 9 aromatic carbocycles. The third-order valence-electron chi connectivity index (χ3n) is 10.1. The lowest BCUT2D eigenvalue weighted by Gasteiger charge is -2.27. The van der Waals surface area contributed by atoms with Gasteiger partial charge in [-0.1, -0.05) is 152 Å². The predicted octanol–water partition coefficient (Wildman–Crippen LogP) is 13.8. The van der Waals surface area contributed by atoms with E-state index in [2.05, 4.69) is 181 Å². The molecule has 0 amide bonds. The van der Waals surface area contributed by atoms with Crippen molar-refractivity contribution < 1.29 is 4.42 Å². The summed E-state index contributed by atoms with van der Waals surface area (Å²) in [7, 11) is 0. The van der Waals surface area contributed by atoms with Crippen LogP contribution in [-0.2, 0) is 0 Å². The Bertz CT molecular complexity index is 2870. The van der Waals surface area contributed by atoms with Crippen LogP contribution in [0.5, 0.6) is 0 Å². The highest BCUT2D eigenvalue weighted by molar-refractivity contribution is 6.20. The summed E-state index contributed by atoms with van der Waals surface area (Å²) in [6.07, 6.45) is 0. The van der Waals surface area contributed by atoms with Gasteiger partial charge < -0.3 is 9.32 Å². The molecule has 0 unspecified atom stereocenters. The molecule has 10 rings (SSSR count). The lowest BCUT2D eigenvalue weighted by Crippen LogP contribution is -2.10. The van der Waals surface area contributed by atoms with E-state index in [1.54, 1.807) is 0 Å². The van der Waals surface area contributed by atoms with Crippen LogP contribution in [-0.4, -0.2) is 0 Å². The maximum atomic E-state index is 6.58. The quantitative estimate of drug-likeness (QED) is 0.175. The van der Waals surface area contributed by atoms with E-state index < -0.39 is 0 Å². The van der Waals surface area contributed by atoms with Crippen LogP contribution >= 0.6 is 0 Å². The fourth-order valence-corrected chi connectivity index (χ4v) is 7.77. The van der Waals surface area contributed by atoms with Crippen molar-refractivity contribution in [3.8, 4) is 22.3 Å². The zero-order chi connectivity index (χ0) is 33.0. The van der Waals surface area contributed by atoms with Gasteiger partial charge in [-0.3, -0.25) is 0 Å². The molecule has 0 aliphatic rings. The zero-order valence-electron chi connectivity index (χ0n) is 27.3. The minimum Gasteiger partial charge on any atom is -0.454 e. The third kappa shape index (κ3) is 4.50. The number of para-hydroxylation sites is 3. The summed E-state index contributed by atoms with van der Waals surface area (Å²) in [6, 6.07) is 67.5. The van der Waals surface area contributed by atoms with Crippen molar-refractivity contribution in [2.45, 2.75) is 0 Å². The molecule has 0 spiro atoms. The first-order valence-corrected chi connectivity index (χ1v) is 17.1. The van der Waals surface area contributed by atoms with Gasteiger partial charge in [0, 0.05) is 22.1 Å². The maximum Gasteiger partial charge on any atom is 0.159 e. The first-order chi connectivity index (χ1) is 24.8. The van der Waals surface area contributed by atoms with Crippen molar-refractivity contribution in [3.63, 3.8) is 0 Å². The Morgan fingerprint density at radius 2 is 0.980 bits per heavy atom. The molecule has 0 bridgehead atoms. The second-order valence-electron chi connectivity index (χ2n) is 12.9. The number of fused-ring (bicyclic) bond motifs is 8. The van der Waals surface area contributed by atoms with Gasteiger partial charge in [-0.05, 0) is 91.0 Å².